The Balaban J connectivity index is 1.26. The van der Waals surface area contributed by atoms with E-state index in [0.717, 1.165) is 19.3 Å². The molecule has 234 valence electrons. The van der Waals surface area contributed by atoms with Crippen LogP contribution in [0.2, 0.25) is 0 Å². The number of ether oxygens (including phenoxy) is 2. The number of imidazole rings is 1. The molecule has 17 heteroatoms. The maximum atomic E-state index is 12.2. The number of nitrogens with zero attached hydrogens (tertiary/aromatic N) is 7. The van der Waals surface area contributed by atoms with Gasteiger partial charge in [0.2, 0.25) is 0 Å². The van der Waals surface area contributed by atoms with Gasteiger partial charge in [0.05, 0.1) is 31.7 Å². The molecule has 42 heavy (non-hydrogen) atoms. The number of unbranched alkanes of at least 4 members (excludes halogenated alkanes) is 3. The van der Waals surface area contributed by atoms with Crippen LogP contribution in [0.25, 0.3) is 11.2 Å². The van der Waals surface area contributed by atoms with Gasteiger partial charge in [0.1, 0.15) is 35.8 Å². The summed E-state index contributed by atoms with van der Waals surface area (Å²) in [5, 5.41) is 59.4. The van der Waals surface area contributed by atoms with Crippen LogP contribution in [0.5, 0.6) is 0 Å². The molecule has 0 aliphatic rings. The monoisotopic (exact) mass is 595 g/mol. The molecule has 1 amide bonds. The number of nitrogens with one attached hydrogen (secondary N) is 1. The van der Waals surface area contributed by atoms with Crippen molar-refractivity contribution in [3.8, 4) is 0 Å². The second-order valence-electron chi connectivity index (χ2n) is 10.2. The summed E-state index contributed by atoms with van der Waals surface area (Å²) < 4.78 is 14.0. The maximum absolute atomic E-state index is 12.2. The van der Waals surface area contributed by atoms with Gasteiger partial charge in [0, 0.05) is 25.7 Å². The summed E-state index contributed by atoms with van der Waals surface area (Å²) in [5.74, 6) is -0.384. The van der Waals surface area contributed by atoms with Crippen molar-refractivity contribution in [2.75, 3.05) is 18.9 Å². The number of carbonyl (C=O) groups is 1. The van der Waals surface area contributed by atoms with Crippen LogP contribution in [0.3, 0.4) is 0 Å². The third-order valence-electron chi connectivity index (χ3n) is 6.62. The number of nitrogen functional groups attached to an aromatic ring is 1. The van der Waals surface area contributed by atoms with E-state index in [9.17, 15) is 25.2 Å². The number of aryl methyl sites for hydroxylation is 1. The van der Waals surface area contributed by atoms with Gasteiger partial charge in [0.15, 0.2) is 17.8 Å². The van der Waals surface area contributed by atoms with E-state index in [4.69, 9.17) is 20.3 Å². The van der Waals surface area contributed by atoms with E-state index in [1.54, 1.807) is 28.7 Å². The Morgan fingerprint density at radius 2 is 1.81 bits per heavy atom. The van der Waals surface area contributed by atoms with E-state index in [1.807, 2.05) is 0 Å². The fraction of sp³-hybridized carbons (Fsp3) is 0.680. The molecule has 0 saturated heterocycles. The lowest BCUT2D eigenvalue weighted by atomic mass is 9.97. The zero-order valence-electron chi connectivity index (χ0n) is 23.7. The van der Waals surface area contributed by atoms with Crippen molar-refractivity contribution < 1.29 is 39.8 Å². The fourth-order valence-electron chi connectivity index (χ4n) is 4.11. The molecule has 0 radical (unpaired) electrons. The van der Waals surface area contributed by atoms with Gasteiger partial charge in [-0.05, 0) is 19.8 Å². The predicted molar refractivity (Wildman–Crippen MR) is 147 cm³/mol. The molecule has 3 heterocycles. The molecule has 6 atom stereocenters. The van der Waals surface area contributed by atoms with Crippen molar-refractivity contribution >= 4 is 23.1 Å². The zero-order chi connectivity index (χ0) is 30.6. The van der Waals surface area contributed by atoms with Crippen LogP contribution in [0.4, 0.5) is 10.6 Å². The molecular formula is C25H41N9O8. The number of aliphatic hydroxyl groups excluding tert-OH is 5. The average Bonchev–Trinajstić information content (AvgIpc) is 3.61. The molecule has 0 bridgehead atoms. The number of fused-ring (bicyclic) bond motifs is 1. The van der Waals surface area contributed by atoms with E-state index in [0.29, 0.717) is 36.4 Å². The van der Waals surface area contributed by atoms with Crippen molar-refractivity contribution in [3.05, 3.63) is 24.5 Å². The number of hydrogen-bond acceptors (Lipinski definition) is 14. The van der Waals surface area contributed by atoms with Crippen molar-refractivity contribution in [2.45, 2.75) is 89.9 Å². The van der Waals surface area contributed by atoms with Crippen LogP contribution in [-0.2, 0) is 29.1 Å². The van der Waals surface area contributed by atoms with E-state index < -0.39 is 42.7 Å². The SMILES string of the molecule is CC(CO)[C@@H](O)[C@H](O)C(O)[C@@H](O)OCCCCCCn1cc(CNC(=O)O[C@H](C)Cn2cnc3c(N)ncnc32)nn1. The van der Waals surface area contributed by atoms with Crippen molar-refractivity contribution in [1.82, 2.24) is 39.8 Å². The standard InChI is InChI=1S/C25H41N9O8/c1-15(12-35)19(36)20(37)21(38)24(39)41-8-6-4-3-5-7-34-11-17(31-32-34)9-27-25(40)42-16(2)10-33-14-30-18-22(26)28-13-29-23(18)33/h11,13-16,19-21,24,35-39H,3-10,12H2,1-2H3,(H,27,40)(H2,26,28,29)/t15?,16-,19-,20+,21?,24+/m1/s1. The second kappa shape index (κ2) is 16.2. The third kappa shape index (κ3) is 9.53. The number of carbonyl (C=O) groups excluding carboxylic acids is 1. The summed E-state index contributed by atoms with van der Waals surface area (Å²) in [4.78, 5) is 24.5. The summed E-state index contributed by atoms with van der Waals surface area (Å²) >= 11 is 0. The normalized spacial score (nSPS) is 16.1. The smallest absolute Gasteiger partial charge is 0.407 e. The second-order valence-corrected chi connectivity index (χ2v) is 10.2. The zero-order valence-corrected chi connectivity index (χ0v) is 23.7. The number of rotatable bonds is 18. The molecule has 0 fully saturated rings. The first kappa shape index (κ1) is 33.0. The van der Waals surface area contributed by atoms with Crippen LogP contribution in [0.15, 0.2) is 18.9 Å². The quantitative estimate of drug-likeness (QED) is 0.0683. The Kier molecular flexibility index (Phi) is 12.8. The average molecular weight is 596 g/mol. The lowest BCUT2D eigenvalue weighted by Gasteiger charge is -2.28. The molecular weight excluding hydrogens is 554 g/mol. The van der Waals surface area contributed by atoms with Crippen LogP contribution in [0.1, 0.15) is 45.2 Å². The Bertz CT molecular complexity index is 1240. The van der Waals surface area contributed by atoms with Gasteiger partial charge in [0.25, 0.3) is 0 Å². The minimum absolute atomic E-state index is 0.152. The molecule has 17 nitrogen and oxygen atoms in total. The van der Waals surface area contributed by atoms with Gasteiger partial charge in [-0.15, -0.1) is 5.10 Å². The van der Waals surface area contributed by atoms with Gasteiger partial charge in [-0.2, -0.15) is 0 Å². The Morgan fingerprint density at radius 1 is 1.05 bits per heavy atom. The number of nitrogens with two attached hydrogens (primary N) is 1. The highest BCUT2D eigenvalue weighted by Crippen LogP contribution is 2.16. The largest absolute Gasteiger partial charge is 0.445 e. The number of amides is 1. The fourth-order valence-corrected chi connectivity index (χ4v) is 4.11. The first-order valence-electron chi connectivity index (χ1n) is 13.8. The molecule has 0 spiro atoms. The summed E-state index contributed by atoms with van der Waals surface area (Å²) in [7, 11) is 0. The van der Waals surface area contributed by atoms with Crippen molar-refractivity contribution in [2.24, 2.45) is 5.92 Å². The van der Waals surface area contributed by atoms with Gasteiger partial charge in [-0.1, -0.05) is 25.0 Å². The number of aliphatic hydroxyl groups is 5. The van der Waals surface area contributed by atoms with Crippen LogP contribution in [0, 0.1) is 5.92 Å². The van der Waals surface area contributed by atoms with E-state index in [2.05, 4.69) is 30.6 Å². The highest BCUT2D eigenvalue weighted by atomic mass is 16.6. The van der Waals surface area contributed by atoms with Gasteiger partial charge < -0.3 is 50.6 Å². The van der Waals surface area contributed by atoms with E-state index in [-0.39, 0.29) is 25.6 Å². The lowest BCUT2D eigenvalue weighted by molar-refractivity contribution is -0.207. The van der Waals surface area contributed by atoms with Crippen LogP contribution in [-0.4, -0.2) is 110 Å². The topological polar surface area (TPSA) is 249 Å². The third-order valence-corrected chi connectivity index (χ3v) is 6.62. The molecule has 0 aliphatic carbocycles. The Hall–Kier alpha value is -3.48. The number of alkyl carbamates (subject to hydrolysis) is 1. The molecule has 0 aromatic carbocycles. The molecule has 0 aliphatic heterocycles. The van der Waals surface area contributed by atoms with E-state index in [1.165, 1.54) is 13.3 Å². The summed E-state index contributed by atoms with van der Waals surface area (Å²) in [6.45, 7) is 4.15. The van der Waals surface area contributed by atoms with Gasteiger partial charge in [-0.25, -0.2) is 19.7 Å². The lowest BCUT2D eigenvalue weighted by Crippen LogP contribution is -2.48. The first-order valence-corrected chi connectivity index (χ1v) is 13.8. The van der Waals surface area contributed by atoms with Crippen molar-refractivity contribution in [3.63, 3.8) is 0 Å². The van der Waals surface area contributed by atoms with E-state index >= 15 is 0 Å². The number of anilines is 1. The molecule has 3 aromatic heterocycles. The highest BCUT2D eigenvalue weighted by molar-refractivity contribution is 5.81. The Labute approximate surface area is 242 Å². The maximum Gasteiger partial charge on any atom is 0.407 e. The number of aromatic nitrogens is 7. The molecule has 8 N–H and O–H groups in total. The predicted octanol–water partition coefficient (Wildman–Crippen LogP) is -1.08. The Morgan fingerprint density at radius 3 is 2.57 bits per heavy atom. The minimum Gasteiger partial charge on any atom is -0.445 e. The molecule has 2 unspecified atom stereocenters. The van der Waals surface area contributed by atoms with Crippen LogP contribution < -0.4 is 11.1 Å². The molecule has 3 aromatic rings. The molecule has 0 saturated carbocycles. The van der Waals surface area contributed by atoms with Gasteiger partial charge >= 0.3 is 6.09 Å². The minimum atomic E-state index is -1.70. The first-order chi connectivity index (χ1) is 20.1. The highest BCUT2D eigenvalue weighted by Gasteiger charge is 2.33. The summed E-state index contributed by atoms with van der Waals surface area (Å²) in [5.41, 5.74) is 7.42. The van der Waals surface area contributed by atoms with Gasteiger partial charge in [-0.3, -0.25) is 4.68 Å². The van der Waals surface area contributed by atoms with Crippen LogP contribution >= 0.6 is 0 Å². The van der Waals surface area contributed by atoms with Crippen molar-refractivity contribution in [1.29, 1.82) is 0 Å². The number of hydrogen-bond donors (Lipinski definition) is 7. The molecule has 3 rings (SSSR count). The summed E-state index contributed by atoms with van der Waals surface area (Å²) in [6, 6.07) is 0. The summed E-state index contributed by atoms with van der Waals surface area (Å²) in [6.07, 6.45) is 0.253.